The monoisotopic (exact) mass is 341 g/mol. The summed E-state index contributed by atoms with van der Waals surface area (Å²) in [6, 6.07) is 7.79. The summed E-state index contributed by atoms with van der Waals surface area (Å²) in [7, 11) is -3.61. The van der Waals surface area contributed by atoms with Gasteiger partial charge in [0.25, 0.3) is 15.9 Å². The van der Waals surface area contributed by atoms with E-state index in [1.807, 2.05) is 0 Å². The number of rotatable bonds is 4. The number of nitrogens with one attached hydrogen (secondary N) is 1. The van der Waals surface area contributed by atoms with E-state index in [2.05, 4.69) is 10.4 Å². The second-order valence-corrected chi connectivity index (χ2v) is 7.31. The molecule has 0 aliphatic heterocycles. The summed E-state index contributed by atoms with van der Waals surface area (Å²) in [6.07, 6.45) is 2.51. The quantitative estimate of drug-likeness (QED) is 0.916. The van der Waals surface area contributed by atoms with Crippen molar-refractivity contribution in [3.63, 3.8) is 0 Å². The van der Waals surface area contributed by atoms with Crippen LogP contribution in [0, 0.1) is 0 Å². The Hall–Kier alpha value is -2.29. The number of carbonyl (C=O) groups is 1. The van der Waals surface area contributed by atoms with Gasteiger partial charge in [0.15, 0.2) is 0 Å². The molecule has 3 rings (SSSR count). The normalized spacial score (nSPS) is 22.6. The Morgan fingerprint density at radius 1 is 1.30 bits per heavy atom. The third kappa shape index (κ3) is 2.50. The molecule has 1 aromatic carbocycles. The fourth-order valence-corrected chi connectivity index (χ4v) is 3.01. The van der Waals surface area contributed by atoms with Crippen molar-refractivity contribution in [3.8, 4) is 0 Å². The lowest BCUT2D eigenvalue weighted by Gasteiger charge is -2.16. The van der Waals surface area contributed by atoms with E-state index in [4.69, 9.17) is 0 Å². The van der Waals surface area contributed by atoms with Crippen LogP contribution in [0.2, 0.25) is 0 Å². The summed E-state index contributed by atoms with van der Waals surface area (Å²) in [5.74, 6) is -4.03. The van der Waals surface area contributed by atoms with Gasteiger partial charge in [0.1, 0.15) is 5.41 Å². The maximum absolute atomic E-state index is 13.9. The average Bonchev–Trinajstić information content (AvgIpc) is 2.83. The topological polar surface area (TPSA) is 81.1 Å². The minimum atomic E-state index is -3.61. The van der Waals surface area contributed by atoms with E-state index in [-0.39, 0.29) is 11.3 Å². The highest BCUT2D eigenvalue weighted by Crippen LogP contribution is 2.62. The molecule has 9 heteroatoms. The molecule has 2 aromatic rings. The Labute approximate surface area is 131 Å². The standard InChI is InChI=1S/C14H13F2N3O3S/c1-23(21,22)19-8-11(7-17-19)18-12(20)13(9-14(13,15)16)10-5-3-2-4-6-10/h2-8H,9H2,1H3,(H,18,20). The summed E-state index contributed by atoms with van der Waals surface area (Å²) in [4.78, 5) is 12.4. The van der Waals surface area contributed by atoms with Crippen LogP contribution in [-0.4, -0.2) is 35.7 Å². The smallest absolute Gasteiger partial charge is 0.268 e. The van der Waals surface area contributed by atoms with E-state index in [9.17, 15) is 22.0 Å². The van der Waals surface area contributed by atoms with Crippen molar-refractivity contribution in [3.05, 3.63) is 48.3 Å². The molecule has 1 atom stereocenters. The number of benzene rings is 1. The lowest BCUT2D eigenvalue weighted by molar-refractivity contribution is -0.121. The van der Waals surface area contributed by atoms with Crippen LogP contribution in [-0.2, 0) is 20.2 Å². The Morgan fingerprint density at radius 3 is 2.39 bits per heavy atom. The molecular weight excluding hydrogens is 328 g/mol. The maximum atomic E-state index is 13.9. The Balaban J connectivity index is 1.89. The molecule has 0 bridgehead atoms. The number of halogens is 2. The first-order valence-electron chi connectivity index (χ1n) is 6.67. The van der Waals surface area contributed by atoms with E-state index in [1.165, 1.54) is 12.1 Å². The Bertz CT molecular complexity index is 864. The molecule has 1 heterocycles. The number of hydrogen-bond donors (Lipinski definition) is 1. The van der Waals surface area contributed by atoms with Gasteiger partial charge in [0.2, 0.25) is 5.91 Å². The number of carbonyl (C=O) groups excluding carboxylic acids is 1. The lowest BCUT2D eigenvalue weighted by atomic mass is 9.94. The average molecular weight is 341 g/mol. The molecule has 0 saturated heterocycles. The molecule has 0 radical (unpaired) electrons. The summed E-state index contributed by atoms with van der Waals surface area (Å²) >= 11 is 0. The number of hydrogen-bond acceptors (Lipinski definition) is 4. The van der Waals surface area contributed by atoms with Crippen molar-refractivity contribution in [1.29, 1.82) is 0 Å². The van der Waals surface area contributed by atoms with Gasteiger partial charge in [-0.15, -0.1) is 0 Å². The lowest BCUT2D eigenvalue weighted by Crippen LogP contribution is -2.33. The highest BCUT2D eigenvalue weighted by Gasteiger charge is 2.76. The molecule has 1 aliphatic carbocycles. The number of amides is 1. The molecule has 1 N–H and O–H groups in total. The van der Waals surface area contributed by atoms with Crippen LogP contribution in [0.3, 0.4) is 0 Å². The fourth-order valence-electron chi connectivity index (χ4n) is 2.49. The van der Waals surface area contributed by atoms with Gasteiger partial charge >= 0.3 is 0 Å². The van der Waals surface area contributed by atoms with Crippen molar-refractivity contribution in [2.45, 2.75) is 17.8 Å². The van der Waals surface area contributed by atoms with Crippen LogP contribution in [0.1, 0.15) is 12.0 Å². The minimum Gasteiger partial charge on any atom is -0.322 e. The second kappa shape index (κ2) is 4.85. The van der Waals surface area contributed by atoms with Crippen molar-refractivity contribution in [2.24, 2.45) is 0 Å². The first-order valence-corrected chi connectivity index (χ1v) is 8.52. The molecular formula is C14H13F2N3O3S. The van der Waals surface area contributed by atoms with Crippen LogP contribution in [0.5, 0.6) is 0 Å². The molecule has 0 spiro atoms. The third-order valence-electron chi connectivity index (χ3n) is 3.80. The fraction of sp³-hybridized carbons (Fsp3) is 0.286. The molecule has 1 saturated carbocycles. The van der Waals surface area contributed by atoms with E-state index >= 15 is 0 Å². The molecule has 122 valence electrons. The Morgan fingerprint density at radius 2 is 1.91 bits per heavy atom. The Kier molecular flexibility index (Phi) is 3.29. The number of nitrogens with zero attached hydrogens (tertiary/aromatic N) is 2. The number of aromatic nitrogens is 2. The van der Waals surface area contributed by atoms with Crippen molar-refractivity contribution in [2.75, 3.05) is 11.6 Å². The van der Waals surface area contributed by atoms with E-state index in [0.717, 1.165) is 18.6 Å². The van der Waals surface area contributed by atoms with Gasteiger partial charge < -0.3 is 5.32 Å². The minimum absolute atomic E-state index is 0.0402. The predicted octanol–water partition coefficient (Wildman–Crippen LogP) is 1.61. The van der Waals surface area contributed by atoms with Crippen molar-refractivity contribution in [1.82, 2.24) is 9.19 Å². The van der Waals surface area contributed by atoms with Crippen LogP contribution >= 0.6 is 0 Å². The molecule has 1 unspecified atom stereocenters. The summed E-state index contributed by atoms with van der Waals surface area (Å²) in [5.41, 5.74) is -1.67. The van der Waals surface area contributed by atoms with Crippen molar-refractivity contribution >= 4 is 21.6 Å². The first kappa shape index (κ1) is 15.6. The van der Waals surface area contributed by atoms with Crippen LogP contribution in [0.15, 0.2) is 42.7 Å². The summed E-state index contributed by atoms with van der Waals surface area (Å²) in [5, 5.41) is 5.90. The molecule has 1 aliphatic rings. The third-order valence-corrected chi connectivity index (χ3v) is 4.68. The van der Waals surface area contributed by atoms with Crippen LogP contribution < -0.4 is 5.32 Å². The van der Waals surface area contributed by atoms with Crippen molar-refractivity contribution < 1.29 is 22.0 Å². The highest BCUT2D eigenvalue weighted by atomic mass is 32.2. The van der Waals surface area contributed by atoms with Gasteiger partial charge in [-0.2, -0.15) is 9.19 Å². The van der Waals surface area contributed by atoms with E-state index < -0.39 is 33.7 Å². The summed E-state index contributed by atoms with van der Waals surface area (Å²) < 4.78 is 51.1. The SMILES string of the molecule is CS(=O)(=O)n1cc(NC(=O)C2(c3ccccc3)CC2(F)F)cn1. The zero-order valence-electron chi connectivity index (χ0n) is 12.0. The zero-order valence-corrected chi connectivity index (χ0v) is 12.8. The van der Waals surface area contributed by atoms with Crippen LogP contribution in [0.25, 0.3) is 0 Å². The zero-order chi connectivity index (χ0) is 16.9. The molecule has 6 nitrogen and oxygen atoms in total. The molecule has 23 heavy (non-hydrogen) atoms. The van der Waals surface area contributed by atoms with Gasteiger partial charge in [0, 0.05) is 6.42 Å². The largest absolute Gasteiger partial charge is 0.322 e. The summed E-state index contributed by atoms with van der Waals surface area (Å²) in [6.45, 7) is 0. The van der Waals surface area contributed by atoms with E-state index in [0.29, 0.717) is 4.09 Å². The number of anilines is 1. The van der Waals surface area contributed by atoms with Gasteiger partial charge in [-0.3, -0.25) is 4.79 Å². The number of alkyl halides is 2. The maximum Gasteiger partial charge on any atom is 0.268 e. The van der Waals surface area contributed by atoms with Gasteiger partial charge in [-0.25, -0.2) is 17.2 Å². The van der Waals surface area contributed by atoms with Crippen LogP contribution in [0.4, 0.5) is 14.5 Å². The van der Waals surface area contributed by atoms with Gasteiger partial charge in [-0.05, 0) is 5.56 Å². The predicted molar refractivity (Wildman–Crippen MR) is 78.8 cm³/mol. The second-order valence-electron chi connectivity index (χ2n) is 5.47. The van der Waals surface area contributed by atoms with E-state index in [1.54, 1.807) is 18.2 Å². The first-order chi connectivity index (χ1) is 10.7. The molecule has 1 fully saturated rings. The molecule has 1 aromatic heterocycles. The molecule has 1 amide bonds. The van der Waals surface area contributed by atoms with Gasteiger partial charge in [0.05, 0.1) is 24.3 Å². The highest BCUT2D eigenvalue weighted by molar-refractivity contribution is 7.89. The van der Waals surface area contributed by atoms with Gasteiger partial charge in [-0.1, -0.05) is 30.3 Å².